The number of hydrogen-bond acceptors (Lipinski definition) is 5. The van der Waals surface area contributed by atoms with Crippen molar-refractivity contribution in [2.75, 3.05) is 13.2 Å². The molecule has 0 aliphatic carbocycles. The van der Waals surface area contributed by atoms with Crippen LogP contribution in [-0.4, -0.2) is 36.2 Å². The predicted octanol–water partition coefficient (Wildman–Crippen LogP) is 2.83. The number of nitrogens with one attached hydrogen (secondary N) is 2. The number of carbonyl (C=O) groups excluding carboxylic acids is 2. The number of aromatic amines is 1. The molecule has 0 bridgehead atoms. The van der Waals surface area contributed by atoms with Crippen molar-refractivity contribution in [2.45, 2.75) is 32.4 Å². The average Bonchev–Trinajstić information content (AvgIpc) is 3.30. The van der Waals surface area contributed by atoms with Crippen LogP contribution in [0.1, 0.15) is 31.9 Å². The molecule has 0 unspecified atom stereocenters. The van der Waals surface area contributed by atoms with Gasteiger partial charge in [-0.3, -0.25) is 14.9 Å². The third-order valence-electron chi connectivity index (χ3n) is 4.63. The molecule has 6 nitrogen and oxygen atoms in total. The topological polar surface area (TPSA) is 80.4 Å². The molecule has 1 saturated heterocycles. The minimum absolute atomic E-state index is 0.294. The molecule has 1 aromatic carbocycles. The van der Waals surface area contributed by atoms with Crippen molar-refractivity contribution >= 4 is 11.9 Å². The fourth-order valence-corrected chi connectivity index (χ4v) is 3.49. The van der Waals surface area contributed by atoms with E-state index < -0.39 is 12.0 Å². The van der Waals surface area contributed by atoms with Gasteiger partial charge in [-0.1, -0.05) is 30.3 Å². The lowest BCUT2D eigenvalue weighted by molar-refractivity contribution is -0.148. The van der Waals surface area contributed by atoms with E-state index in [1.165, 1.54) is 0 Å². The first kappa shape index (κ1) is 18.2. The van der Waals surface area contributed by atoms with Crippen LogP contribution in [0.5, 0.6) is 0 Å². The Morgan fingerprint density at radius 3 is 2.42 bits per heavy atom. The standard InChI is InChI=1S/C20H24N2O4/c1-3-25-19(23)14-10-17(20(24)26-4-2)22-18(14)16-12-21-11-15(16)13-8-6-5-7-9-13/h5-9,11-12,14,17-18,21-22H,3-4,10H2,1-2H3/t14-,17+,18-/m0/s1. The summed E-state index contributed by atoms with van der Waals surface area (Å²) in [5, 5.41) is 3.28. The first-order valence-electron chi connectivity index (χ1n) is 8.97. The normalized spacial score (nSPS) is 22.2. The molecule has 138 valence electrons. The largest absolute Gasteiger partial charge is 0.466 e. The van der Waals surface area contributed by atoms with Crippen LogP contribution in [0.2, 0.25) is 0 Å². The fraction of sp³-hybridized carbons (Fsp3) is 0.400. The van der Waals surface area contributed by atoms with E-state index in [9.17, 15) is 9.59 Å². The van der Waals surface area contributed by atoms with Crippen LogP contribution in [0, 0.1) is 5.92 Å². The predicted molar refractivity (Wildman–Crippen MR) is 97.3 cm³/mol. The highest BCUT2D eigenvalue weighted by Crippen LogP contribution is 2.38. The maximum absolute atomic E-state index is 12.5. The summed E-state index contributed by atoms with van der Waals surface area (Å²) >= 11 is 0. The Morgan fingerprint density at radius 2 is 1.73 bits per heavy atom. The number of ether oxygens (including phenoxy) is 2. The van der Waals surface area contributed by atoms with E-state index in [-0.39, 0.29) is 18.0 Å². The summed E-state index contributed by atoms with van der Waals surface area (Å²) in [7, 11) is 0. The van der Waals surface area contributed by atoms with Gasteiger partial charge in [0.05, 0.1) is 19.1 Å². The van der Waals surface area contributed by atoms with E-state index in [4.69, 9.17) is 9.47 Å². The molecule has 0 saturated carbocycles. The van der Waals surface area contributed by atoms with Crippen LogP contribution in [0.3, 0.4) is 0 Å². The lowest BCUT2D eigenvalue weighted by Crippen LogP contribution is -2.34. The van der Waals surface area contributed by atoms with Gasteiger partial charge in [0.25, 0.3) is 0 Å². The summed E-state index contributed by atoms with van der Waals surface area (Å²) in [5.74, 6) is -1.07. The molecule has 2 heterocycles. The minimum atomic E-state index is -0.520. The zero-order valence-electron chi connectivity index (χ0n) is 15.0. The summed E-state index contributed by atoms with van der Waals surface area (Å²) < 4.78 is 10.4. The maximum atomic E-state index is 12.5. The second kappa shape index (κ2) is 8.19. The smallest absolute Gasteiger partial charge is 0.323 e. The number of aromatic nitrogens is 1. The van der Waals surface area contributed by atoms with Crippen LogP contribution in [0.15, 0.2) is 42.7 Å². The van der Waals surface area contributed by atoms with Crippen molar-refractivity contribution in [2.24, 2.45) is 5.92 Å². The van der Waals surface area contributed by atoms with Crippen LogP contribution >= 0.6 is 0 Å². The van der Waals surface area contributed by atoms with E-state index in [0.29, 0.717) is 19.6 Å². The number of H-pyrrole nitrogens is 1. The summed E-state index contributed by atoms with van der Waals surface area (Å²) in [5.41, 5.74) is 3.00. The molecule has 26 heavy (non-hydrogen) atoms. The molecule has 1 fully saturated rings. The van der Waals surface area contributed by atoms with Gasteiger partial charge in [-0.2, -0.15) is 0 Å². The monoisotopic (exact) mass is 356 g/mol. The van der Waals surface area contributed by atoms with Crippen molar-refractivity contribution in [3.8, 4) is 11.1 Å². The molecule has 3 rings (SSSR count). The fourth-order valence-electron chi connectivity index (χ4n) is 3.49. The van der Waals surface area contributed by atoms with Gasteiger partial charge in [-0.05, 0) is 31.4 Å². The molecular weight excluding hydrogens is 332 g/mol. The number of esters is 2. The molecule has 1 aromatic heterocycles. The Labute approximate surface area is 152 Å². The molecule has 1 aliphatic heterocycles. The van der Waals surface area contributed by atoms with Gasteiger partial charge in [0.15, 0.2) is 0 Å². The van der Waals surface area contributed by atoms with Crippen LogP contribution in [0.4, 0.5) is 0 Å². The van der Waals surface area contributed by atoms with Gasteiger partial charge in [-0.25, -0.2) is 0 Å². The minimum Gasteiger partial charge on any atom is -0.466 e. The van der Waals surface area contributed by atoms with E-state index in [1.54, 1.807) is 13.8 Å². The molecule has 2 aromatic rings. The van der Waals surface area contributed by atoms with Crippen LogP contribution in [0.25, 0.3) is 11.1 Å². The summed E-state index contributed by atoms with van der Waals surface area (Å²) in [6, 6.07) is 9.10. The molecular formula is C20H24N2O4. The number of benzene rings is 1. The lowest BCUT2D eigenvalue weighted by atomic mass is 9.91. The summed E-state index contributed by atoms with van der Waals surface area (Å²) in [6.07, 6.45) is 4.15. The van der Waals surface area contributed by atoms with Gasteiger partial charge in [0, 0.05) is 24.0 Å². The first-order chi connectivity index (χ1) is 12.7. The molecule has 0 amide bonds. The number of hydrogen-bond donors (Lipinski definition) is 2. The molecule has 6 heteroatoms. The van der Waals surface area contributed by atoms with Gasteiger partial charge in [0.2, 0.25) is 0 Å². The highest BCUT2D eigenvalue weighted by molar-refractivity contribution is 5.81. The average molecular weight is 356 g/mol. The highest BCUT2D eigenvalue weighted by Gasteiger charge is 2.44. The molecule has 1 aliphatic rings. The van der Waals surface area contributed by atoms with Crippen molar-refractivity contribution in [1.82, 2.24) is 10.3 Å². The molecule has 0 spiro atoms. The van der Waals surface area contributed by atoms with Gasteiger partial charge >= 0.3 is 11.9 Å². The Hall–Kier alpha value is -2.60. The van der Waals surface area contributed by atoms with E-state index >= 15 is 0 Å². The third-order valence-corrected chi connectivity index (χ3v) is 4.63. The van der Waals surface area contributed by atoms with Crippen molar-refractivity contribution in [3.05, 3.63) is 48.3 Å². The van der Waals surface area contributed by atoms with Gasteiger partial charge in [0.1, 0.15) is 6.04 Å². The number of carbonyl (C=O) groups is 2. The molecule has 0 radical (unpaired) electrons. The van der Waals surface area contributed by atoms with Crippen molar-refractivity contribution in [3.63, 3.8) is 0 Å². The second-order valence-corrected chi connectivity index (χ2v) is 6.23. The Morgan fingerprint density at radius 1 is 1.04 bits per heavy atom. The Bertz CT molecular complexity index is 756. The third kappa shape index (κ3) is 3.65. The lowest BCUT2D eigenvalue weighted by Gasteiger charge is -2.19. The molecule has 2 N–H and O–H groups in total. The zero-order valence-corrected chi connectivity index (χ0v) is 15.0. The maximum Gasteiger partial charge on any atom is 0.323 e. The van der Waals surface area contributed by atoms with E-state index in [0.717, 1.165) is 16.7 Å². The molecule has 3 atom stereocenters. The SMILES string of the molecule is CCOC(=O)[C@H]1C[C@H](C(=O)OCC)N[C@@H]1c1c[nH]cc1-c1ccccc1. The second-order valence-electron chi connectivity index (χ2n) is 6.23. The van der Waals surface area contributed by atoms with Crippen LogP contribution < -0.4 is 5.32 Å². The number of rotatable bonds is 6. The van der Waals surface area contributed by atoms with Gasteiger partial charge < -0.3 is 14.5 Å². The summed E-state index contributed by atoms with van der Waals surface area (Å²) in [4.78, 5) is 27.8. The van der Waals surface area contributed by atoms with Crippen molar-refractivity contribution < 1.29 is 19.1 Å². The van der Waals surface area contributed by atoms with E-state index in [2.05, 4.69) is 10.3 Å². The quantitative estimate of drug-likeness (QED) is 0.778. The van der Waals surface area contributed by atoms with E-state index in [1.807, 2.05) is 42.7 Å². The van der Waals surface area contributed by atoms with Crippen molar-refractivity contribution in [1.29, 1.82) is 0 Å². The Kier molecular flexibility index (Phi) is 5.73. The zero-order chi connectivity index (χ0) is 18.5. The first-order valence-corrected chi connectivity index (χ1v) is 8.97. The Balaban J connectivity index is 1.92. The van der Waals surface area contributed by atoms with Crippen LogP contribution in [-0.2, 0) is 19.1 Å². The summed E-state index contributed by atoms with van der Waals surface area (Å²) in [6.45, 7) is 4.17. The highest BCUT2D eigenvalue weighted by atomic mass is 16.5. The van der Waals surface area contributed by atoms with Gasteiger partial charge in [-0.15, -0.1) is 0 Å².